The van der Waals surface area contributed by atoms with Gasteiger partial charge in [-0.2, -0.15) is 0 Å². The molecule has 120 valence electrons. The van der Waals surface area contributed by atoms with Gasteiger partial charge in [0.05, 0.1) is 0 Å². The SMILES string of the molecule is CCCNC(C)c1ccc(F)cc1OCCN(CC)CC. The summed E-state index contributed by atoms with van der Waals surface area (Å²) in [5.74, 6) is 0.400. The molecule has 1 N–H and O–H groups in total. The zero-order chi connectivity index (χ0) is 15.7. The van der Waals surface area contributed by atoms with E-state index in [9.17, 15) is 4.39 Å². The molecule has 0 radical (unpaired) electrons. The van der Waals surface area contributed by atoms with Crippen molar-refractivity contribution in [1.82, 2.24) is 10.2 Å². The number of likely N-dealkylation sites (N-methyl/N-ethyl adjacent to an activating group) is 1. The van der Waals surface area contributed by atoms with Crippen molar-refractivity contribution in [3.8, 4) is 5.75 Å². The minimum Gasteiger partial charge on any atom is -0.492 e. The third-order valence-corrected chi connectivity index (χ3v) is 3.70. The number of nitrogens with one attached hydrogen (secondary N) is 1. The summed E-state index contributed by atoms with van der Waals surface area (Å²) in [6, 6.07) is 4.96. The van der Waals surface area contributed by atoms with Crippen molar-refractivity contribution < 1.29 is 9.13 Å². The first-order valence-corrected chi connectivity index (χ1v) is 8.00. The minimum atomic E-state index is -0.251. The Morgan fingerprint density at radius 3 is 2.57 bits per heavy atom. The Kier molecular flexibility index (Phi) is 8.31. The Bertz CT molecular complexity index is 408. The highest BCUT2D eigenvalue weighted by Gasteiger charge is 2.12. The lowest BCUT2D eigenvalue weighted by atomic mass is 10.1. The number of nitrogens with zero attached hydrogens (tertiary/aromatic N) is 1. The van der Waals surface area contributed by atoms with Gasteiger partial charge in [0, 0.05) is 24.2 Å². The normalized spacial score (nSPS) is 12.7. The Morgan fingerprint density at radius 2 is 1.95 bits per heavy atom. The third-order valence-electron chi connectivity index (χ3n) is 3.70. The predicted molar refractivity (Wildman–Crippen MR) is 86.4 cm³/mol. The van der Waals surface area contributed by atoms with Crippen molar-refractivity contribution in [1.29, 1.82) is 0 Å². The van der Waals surface area contributed by atoms with Crippen molar-refractivity contribution in [3.05, 3.63) is 29.6 Å². The second-order valence-corrected chi connectivity index (χ2v) is 5.23. The summed E-state index contributed by atoms with van der Waals surface area (Å²) in [5.41, 5.74) is 1.02. The van der Waals surface area contributed by atoms with Crippen molar-refractivity contribution >= 4 is 0 Å². The lowest BCUT2D eigenvalue weighted by Gasteiger charge is -2.21. The lowest BCUT2D eigenvalue weighted by Crippen LogP contribution is -2.28. The van der Waals surface area contributed by atoms with Crippen molar-refractivity contribution in [2.75, 3.05) is 32.8 Å². The highest BCUT2D eigenvalue weighted by atomic mass is 19.1. The predicted octanol–water partition coefficient (Wildman–Crippen LogP) is 3.61. The molecule has 4 heteroatoms. The van der Waals surface area contributed by atoms with Gasteiger partial charge < -0.3 is 15.0 Å². The second kappa shape index (κ2) is 9.74. The molecule has 0 aromatic heterocycles. The minimum absolute atomic E-state index is 0.161. The number of hydrogen-bond donors (Lipinski definition) is 1. The maximum absolute atomic E-state index is 13.5. The summed E-state index contributed by atoms with van der Waals surface area (Å²) in [6.45, 7) is 12.9. The number of rotatable bonds is 10. The molecule has 0 heterocycles. The average molecular weight is 296 g/mol. The summed E-state index contributed by atoms with van der Waals surface area (Å²) in [5, 5.41) is 3.42. The molecular formula is C17H29FN2O. The first-order chi connectivity index (χ1) is 10.1. The van der Waals surface area contributed by atoms with Gasteiger partial charge in [-0.3, -0.25) is 0 Å². The highest BCUT2D eigenvalue weighted by molar-refractivity contribution is 5.36. The molecular weight excluding hydrogens is 267 g/mol. The van der Waals surface area contributed by atoms with E-state index in [1.165, 1.54) is 12.1 Å². The Morgan fingerprint density at radius 1 is 1.24 bits per heavy atom. The summed E-state index contributed by atoms with van der Waals surface area (Å²) in [4.78, 5) is 2.29. The van der Waals surface area contributed by atoms with Crippen molar-refractivity contribution in [2.24, 2.45) is 0 Å². The Labute approximate surface area is 128 Å². The monoisotopic (exact) mass is 296 g/mol. The van der Waals surface area contributed by atoms with Gasteiger partial charge >= 0.3 is 0 Å². The molecule has 1 atom stereocenters. The quantitative estimate of drug-likeness (QED) is 0.714. The molecule has 0 aliphatic carbocycles. The molecule has 0 fully saturated rings. The first-order valence-electron chi connectivity index (χ1n) is 8.00. The summed E-state index contributed by atoms with van der Waals surface area (Å²) in [7, 11) is 0. The average Bonchev–Trinajstić information content (AvgIpc) is 2.49. The molecule has 0 amide bonds. The smallest absolute Gasteiger partial charge is 0.127 e. The van der Waals surface area contributed by atoms with Gasteiger partial charge in [-0.1, -0.05) is 26.8 Å². The van der Waals surface area contributed by atoms with Crippen LogP contribution < -0.4 is 10.1 Å². The number of halogens is 1. The van der Waals surface area contributed by atoms with Crippen LogP contribution >= 0.6 is 0 Å². The summed E-state index contributed by atoms with van der Waals surface area (Å²) < 4.78 is 19.3. The van der Waals surface area contributed by atoms with Crippen LogP contribution in [0.25, 0.3) is 0 Å². The Hall–Kier alpha value is -1.13. The number of ether oxygens (including phenoxy) is 1. The van der Waals surface area contributed by atoms with E-state index in [1.54, 1.807) is 0 Å². The largest absolute Gasteiger partial charge is 0.492 e. The van der Waals surface area contributed by atoms with Gasteiger partial charge in [0.2, 0.25) is 0 Å². The zero-order valence-electron chi connectivity index (χ0n) is 13.8. The maximum Gasteiger partial charge on any atom is 0.127 e. The third kappa shape index (κ3) is 6.02. The molecule has 3 nitrogen and oxygen atoms in total. The van der Waals surface area contributed by atoms with Crippen LogP contribution in [0.5, 0.6) is 5.75 Å². The van der Waals surface area contributed by atoms with E-state index < -0.39 is 0 Å². The maximum atomic E-state index is 13.5. The molecule has 1 aromatic rings. The molecule has 1 unspecified atom stereocenters. The fourth-order valence-electron chi connectivity index (χ4n) is 2.29. The number of hydrogen-bond acceptors (Lipinski definition) is 3. The second-order valence-electron chi connectivity index (χ2n) is 5.23. The fraction of sp³-hybridized carbons (Fsp3) is 0.647. The van der Waals surface area contributed by atoms with Crippen molar-refractivity contribution in [3.63, 3.8) is 0 Å². The topological polar surface area (TPSA) is 24.5 Å². The highest BCUT2D eigenvalue weighted by Crippen LogP contribution is 2.26. The van der Waals surface area contributed by atoms with Gasteiger partial charge in [0.25, 0.3) is 0 Å². The van der Waals surface area contributed by atoms with E-state index in [4.69, 9.17) is 4.74 Å². The van der Waals surface area contributed by atoms with Crippen LogP contribution in [0, 0.1) is 5.82 Å². The standard InChI is InChI=1S/C17H29FN2O/c1-5-10-19-14(4)16-9-8-15(18)13-17(16)21-12-11-20(6-2)7-3/h8-9,13-14,19H,5-7,10-12H2,1-4H3. The van der Waals surface area contributed by atoms with Crippen molar-refractivity contribution in [2.45, 2.75) is 40.2 Å². The molecule has 0 bridgehead atoms. The summed E-state index contributed by atoms with van der Waals surface area (Å²) in [6.07, 6.45) is 1.07. The fourth-order valence-corrected chi connectivity index (χ4v) is 2.29. The molecule has 0 aliphatic heterocycles. The van der Waals surface area contributed by atoms with Gasteiger partial charge in [-0.15, -0.1) is 0 Å². The molecule has 1 aromatic carbocycles. The molecule has 1 rings (SSSR count). The van der Waals surface area contributed by atoms with E-state index in [0.717, 1.165) is 38.2 Å². The van der Waals surface area contributed by atoms with E-state index in [0.29, 0.717) is 12.4 Å². The van der Waals surface area contributed by atoms with Gasteiger partial charge in [-0.25, -0.2) is 4.39 Å². The van der Waals surface area contributed by atoms with Crippen LogP contribution in [0.15, 0.2) is 18.2 Å². The van der Waals surface area contributed by atoms with Crippen LogP contribution in [-0.4, -0.2) is 37.7 Å². The number of benzene rings is 1. The molecule has 0 spiro atoms. The van der Waals surface area contributed by atoms with E-state index >= 15 is 0 Å². The summed E-state index contributed by atoms with van der Waals surface area (Å²) >= 11 is 0. The van der Waals surface area contributed by atoms with Gasteiger partial charge in [-0.05, 0) is 39.0 Å². The van der Waals surface area contributed by atoms with E-state index in [-0.39, 0.29) is 11.9 Å². The molecule has 0 aliphatic rings. The van der Waals surface area contributed by atoms with E-state index in [1.807, 2.05) is 6.07 Å². The van der Waals surface area contributed by atoms with Crippen LogP contribution in [-0.2, 0) is 0 Å². The van der Waals surface area contributed by atoms with Gasteiger partial charge in [0.15, 0.2) is 0 Å². The van der Waals surface area contributed by atoms with Crippen LogP contribution in [0.1, 0.15) is 45.7 Å². The van der Waals surface area contributed by atoms with Crippen LogP contribution in [0.3, 0.4) is 0 Å². The Balaban J connectivity index is 2.68. The molecule has 0 saturated heterocycles. The van der Waals surface area contributed by atoms with E-state index in [2.05, 4.69) is 37.9 Å². The van der Waals surface area contributed by atoms with Crippen LogP contribution in [0.4, 0.5) is 4.39 Å². The lowest BCUT2D eigenvalue weighted by molar-refractivity contribution is 0.220. The molecule has 0 saturated carbocycles. The van der Waals surface area contributed by atoms with Crippen LogP contribution in [0.2, 0.25) is 0 Å². The van der Waals surface area contributed by atoms with Gasteiger partial charge in [0.1, 0.15) is 18.2 Å². The molecule has 21 heavy (non-hydrogen) atoms. The zero-order valence-corrected chi connectivity index (χ0v) is 13.8. The first kappa shape index (κ1) is 17.9.